The van der Waals surface area contributed by atoms with Gasteiger partial charge in [-0.2, -0.15) is 0 Å². The van der Waals surface area contributed by atoms with Crippen molar-refractivity contribution >= 4 is 44.8 Å². The molecule has 0 aliphatic carbocycles. The van der Waals surface area contributed by atoms with Crippen LogP contribution in [0.1, 0.15) is 15.9 Å². The third-order valence-corrected chi connectivity index (χ3v) is 6.19. The summed E-state index contributed by atoms with van der Waals surface area (Å²) in [6.07, 6.45) is 0. The molecule has 3 rings (SSSR count). The average Bonchev–Trinajstić information content (AvgIpc) is 2.70. The molecule has 156 valence electrons. The van der Waals surface area contributed by atoms with E-state index in [0.717, 1.165) is 18.2 Å². The standard InChI is InChI=1S/C20H14Cl2F2N2O3S/c21-17-7-5-14(9-18(17)22)26-20(27)16-10-15(6-8-19(16)24)30(28,29)25-11-12-1-3-13(23)4-2-12/h1-10,25H,11H2,(H,26,27). The molecule has 0 spiro atoms. The number of benzene rings is 3. The molecule has 0 saturated heterocycles. The molecule has 3 aromatic carbocycles. The summed E-state index contributed by atoms with van der Waals surface area (Å²) in [5, 5.41) is 2.91. The van der Waals surface area contributed by atoms with Crippen LogP contribution in [0.4, 0.5) is 14.5 Å². The molecule has 10 heteroatoms. The van der Waals surface area contributed by atoms with E-state index in [4.69, 9.17) is 23.2 Å². The van der Waals surface area contributed by atoms with E-state index in [1.807, 2.05) is 0 Å². The molecule has 0 aliphatic heterocycles. The fourth-order valence-electron chi connectivity index (χ4n) is 2.48. The molecule has 0 fully saturated rings. The highest BCUT2D eigenvalue weighted by Crippen LogP contribution is 2.25. The SMILES string of the molecule is O=C(Nc1ccc(Cl)c(Cl)c1)c1cc(S(=O)(=O)NCc2ccc(F)cc2)ccc1F. The Morgan fingerprint density at radius 1 is 0.900 bits per heavy atom. The van der Waals surface area contributed by atoms with Crippen molar-refractivity contribution in [2.45, 2.75) is 11.4 Å². The summed E-state index contributed by atoms with van der Waals surface area (Å²) < 4.78 is 54.5. The lowest BCUT2D eigenvalue weighted by Gasteiger charge is -2.10. The molecule has 0 heterocycles. The zero-order chi connectivity index (χ0) is 21.9. The van der Waals surface area contributed by atoms with Crippen LogP contribution in [0.15, 0.2) is 65.6 Å². The van der Waals surface area contributed by atoms with E-state index in [9.17, 15) is 22.0 Å². The van der Waals surface area contributed by atoms with Gasteiger partial charge in [0.25, 0.3) is 5.91 Å². The van der Waals surface area contributed by atoms with Crippen LogP contribution in [-0.4, -0.2) is 14.3 Å². The van der Waals surface area contributed by atoms with Gasteiger partial charge in [0.15, 0.2) is 0 Å². The quantitative estimate of drug-likeness (QED) is 0.531. The van der Waals surface area contributed by atoms with Crippen LogP contribution in [0.5, 0.6) is 0 Å². The highest BCUT2D eigenvalue weighted by atomic mass is 35.5. The Morgan fingerprint density at radius 3 is 2.27 bits per heavy atom. The van der Waals surface area contributed by atoms with Gasteiger partial charge in [-0.25, -0.2) is 21.9 Å². The Kier molecular flexibility index (Phi) is 6.72. The average molecular weight is 471 g/mol. The molecule has 0 bridgehead atoms. The molecule has 5 nitrogen and oxygen atoms in total. The first-order valence-electron chi connectivity index (χ1n) is 8.46. The van der Waals surface area contributed by atoms with E-state index in [2.05, 4.69) is 10.0 Å². The minimum Gasteiger partial charge on any atom is -0.322 e. The lowest BCUT2D eigenvalue weighted by molar-refractivity contribution is 0.102. The summed E-state index contributed by atoms with van der Waals surface area (Å²) in [7, 11) is -4.06. The summed E-state index contributed by atoms with van der Waals surface area (Å²) in [4.78, 5) is 12.1. The number of carbonyl (C=O) groups excluding carboxylic acids is 1. The normalized spacial score (nSPS) is 11.3. The molecule has 1 amide bonds. The Hall–Kier alpha value is -2.52. The maximum atomic E-state index is 14.2. The fourth-order valence-corrected chi connectivity index (χ4v) is 3.82. The van der Waals surface area contributed by atoms with E-state index >= 15 is 0 Å². The number of nitrogens with one attached hydrogen (secondary N) is 2. The minimum atomic E-state index is -4.06. The van der Waals surface area contributed by atoms with Gasteiger partial charge in [0, 0.05) is 12.2 Å². The molecule has 3 aromatic rings. The molecule has 0 radical (unpaired) electrons. The fraction of sp³-hybridized carbons (Fsp3) is 0.0500. The molecule has 0 aromatic heterocycles. The third-order valence-electron chi connectivity index (χ3n) is 4.05. The first kappa shape index (κ1) is 22.2. The number of halogens is 4. The second kappa shape index (κ2) is 9.09. The maximum absolute atomic E-state index is 14.2. The Bertz CT molecular complexity index is 1200. The van der Waals surface area contributed by atoms with Crippen LogP contribution in [-0.2, 0) is 16.6 Å². The molecule has 0 atom stereocenters. The monoisotopic (exact) mass is 470 g/mol. The van der Waals surface area contributed by atoms with Crippen LogP contribution in [0.25, 0.3) is 0 Å². The number of amides is 1. The largest absolute Gasteiger partial charge is 0.322 e. The number of hydrogen-bond donors (Lipinski definition) is 2. The lowest BCUT2D eigenvalue weighted by Crippen LogP contribution is -2.24. The third kappa shape index (κ3) is 5.34. The summed E-state index contributed by atoms with van der Waals surface area (Å²) in [6.45, 7) is -0.106. The van der Waals surface area contributed by atoms with Gasteiger partial charge in [0.2, 0.25) is 10.0 Å². The van der Waals surface area contributed by atoms with Crippen LogP contribution < -0.4 is 10.0 Å². The van der Waals surface area contributed by atoms with Crippen molar-refractivity contribution in [2.75, 3.05) is 5.32 Å². The number of sulfonamides is 1. The van der Waals surface area contributed by atoms with Crippen LogP contribution in [0.2, 0.25) is 10.0 Å². The van der Waals surface area contributed by atoms with Gasteiger partial charge in [0.1, 0.15) is 11.6 Å². The van der Waals surface area contributed by atoms with Gasteiger partial charge in [0.05, 0.1) is 20.5 Å². The van der Waals surface area contributed by atoms with Crippen molar-refractivity contribution in [3.8, 4) is 0 Å². The van der Waals surface area contributed by atoms with E-state index in [1.165, 1.54) is 42.5 Å². The summed E-state index contributed by atoms with van der Waals surface area (Å²) in [6, 6.07) is 12.4. The first-order chi connectivity index (χ1) is 14.2. The molecule has 0 saturated carbocycles. The Balaban J connectivity index is 1.79. The summed E-state index contributed by atoms with van der Waals surface area (Å²) in [5.74, 6) is -2.20. The van der Waals surface area contributed by atoms with Crippen molar-refractivity contribution < 1.29 is 22.0 Å². The second-order valence-corrected chi connectivity index (χ2v) is 8.76. The smallest absolute Gasteiger partial charge is 0.258 e. The van der Waals surface area contributed by atoms with Gasteiger partial charge < -0.3 is 5.32 Å². The zero-order valence-corrected chi connectivity index (χ0v) is 17.5. The maximum Gasteiger partial charge on any atom is 0.258 e. The number of hydrogen-bond acceptors (Lipinski definition) is 3. The van der Waals surface area contributed by atoms with E-state index in [-0.39, 0.29) is 27.2 Å². The molecule has 2 N–H and O–H groups in total. The topological polar surface area (TPSA) is 75.3 Å². The van der Waals surface area contributed by atoms with E-state index < -0.39 is 33.1 Å². The van der Waals surface area contributed by atoms with Crippen molar-refractivity contribution in [1.29, 1.82) is 0 Å². The molecule has 30 heavy (non-hydrogen) atoms. The summed E-state index contributed by atoms with van der Waals surface area (Å²) >= 11 is 11.7. The van der Waals surface area contributed by atoms with E-state index in [1.54, 1.807) is 0 Å². The highest BCUT2D eigenvalue weighted by molar-refractivity contribution is 7.89. The highest BCUT2D eigenvalue weighted by Gasteiger charge is 2.20. The molecular formula is C20H14Cl2F2N2O3S. The second-order valence-electron chi connectivity index (χ2n) is 6.18. The van der Waals surface area contributed by atoms with Gasteiger partial charge in [-0.05, 0) is 54.1 Å². The number of anilines is 1. The van der Waals surface area contributed by atoms with Crippen LogP contribution >= 0.6 is 23.2 Å². The predicted octanol–water partition coefficient (Wildman–Crippen LogP) is 5.00. The van der Waals surface area contributed by atoms with Crippen molar-refractivity contribution in [2.24, 2.45) is 0 Å². The van der Waals surface area contributed by atoms with E-state index in [0.29, 0.717) is 5.56 Å². The van der Waals surface area contributed by atoms with Crippen molar-refractivity contribution in [1.82, 2.24) is 4.72 Å². The van der Waals surface area contributed by atoms with Crippen LogP contribution in [0, 0.1) is 11.6 Å². The Labute approximate surface area is 181 Å². The zero-order valence-electron chi connectivity index (χ0n) is 15.1. The lowest BCUT2D eigenvalue weighted by atomic mass is 10.2. The number of rotatable bonds is 6. The Morgan fingerprint density at radius 2 is 1.60 bits per heavy atom. The number of carbonyl (C=O) groups is 1. The minimum absolute atomic E-state index is 0.106. The van der Waals surface area contributed by atoms with Gasteiger partial charge >= 0.3 is 0 Å². The molecule has 0 unspecified atom stereocenters. The van der Waals surface area contributed by atoms with Gasteiger partial charge in [-0.3, -0.25) is 4.79 Å². The van der Waals surface area contributed by atoms with Gasteiger partial charge in [-0.1, -0.05) is 35.3 Å². The van der Waals surface area contributed by atoms with Crippen molar-refractivity contribution in [3.05, 3.63) is 93.5 Å². The van der Waals surface area contributed by atoms with Crippen molar-refractivity contribution in [3.63, 3.8) is 0 Å². The summed E-state index contributed by atoms with van der Waals surface area (Å²) in [5.41, 5.74) is 0.321. The first-order valence-corrected chi connectivity index (χ1v) is 10.7. The molecule has 0 aliphatic rings. The van der Waals surface area contributed by atoms with Gasteiger partial charge in [-0.15, -0.1) is 0 Å². The predicted molar refractivity (Wildman–Crippen MR) is 111 cm³/mol. The molecular weight excluding hydrogens is 457 g/mol. The van der Waals surface area contributed by atoms with Crippen LogP contribution in [0.3, 0.4) is 0 Å².